The third-order valence-electron chi connectivity index (χ3n) is 4.00. The van der Waals surface area contributed by atoms with Gasteiger partial charge in [-0.25, -0.2) is 4.98 Å². The first kappa shape index (κ1) is 18.7. The Balaban J connectivity index is 1.93. The van der Waals surface area contributed by atoms with Crippen molar-refractivity contribution in [3.05, 3.63) is 65.2 Å². The molecule has 0 spiro atoms. The lowest BCUT2D eigenvalue weighted by molar-refractivity contribution is 0.0953. The van der Waals surface area contributed by atoms with Gasteiger partial charge in [-0.15, -0.1) is 0 Å². The quantitative estimate of drug-likeness (QED) is 0.582. The predicted octanol–water partition coefficient (Wildman–Crippen LogP) is 5.82. The molecule has 0 aliphatic carbocycles. The third kappa shape index (κ3) is 4.57. The smallest absolute Gasteiger partial charge is 0.252 e. The van der Waals surface area contributed by atoms with Crippen LogP contribution in [0.15, 0.2) is 64.5 Å². The summed E-state index contributed by atoms with van der Waals surface area (Å²) in [7, 11) is 0. The molecule has 1 aromatic heterocycles. The fourth-order valence-electron chi connectivity index (χ4n) is 2.60. The lowest BCUT2D eigenvalue weighted by Crippen LogP contribution is -2.25. The van der Waals surface area contributed by atoms with Crippen LogP contribution in [0.1, 0.15) is 30.6 Å². The largest absolute Gasteiger partial charge is 0.352 e. The Hall–Kier alpha value is -2.04. The molecule has 134 valence electrons. The number of nitrogens with one attached hydrogen (secondary N) is 1. The number of fused-ring (bicyclic) bond motifs is 1. The Bertz CT molecular complexity index is 927. The zero-order valence-corrected chi connectivity index (χ0v) is 16.4. The molecule has 0 bridgehead atoms. The van der Waals surface area contributed by atoms with Crippen LogP contribution in [-0.2, 0) is 0 Å². The lowest BCUT2D eigenvalue weighted by atomic mass is 10.1. The van der Waals surface area contributed by atoms with Crippen molar-refractivity contribution >= 4 is 40.2 Å². The Kier molecular flexibility index (Phi) is 6.17. The van der Waals surface area contributed by atoms with Gasteiger partial charge in [0.25, 0.3) is 5.91 Å². The van der Waals surface area contributed by atoms with Gasteiger partial charge in [0, 0.05) is 16.8 Å². The van der Waals surface area contributed by atoms with Gasteiger partial charge in [-0.2, -0.15) is 0 Å². The number of halogens is 1. The van der Waals surface area contributed by atoms with Gasteiger partial charge in [-0.1, -0.05) is 67.5 Å². The number of carbonyl (C=O) groups is 1. The molecular weight excluding hydrogens is 364 g/mol. The molecule has 3 rings (SSSR count). The molecule has 0 fully saturated rings. The van der Waals surface area contributed by atoms with E-state index < -0.39 is 0 Å². The van der Waals surface area contributed by atoms with Crippen LogP contribution >= 0.6 is 23.4 Å². The molecule has 26 heavy (non-hydrogen) atoms. The molecule has 0 unspecified atom stereocenters. The van der Waals surface area contributed by atoms with Crippen molar-refractivity contribution in [2.45, 2.75) is 30.2 Å². The molecule has 0 saturated carbocycles. The zero-order valence-electron chi connectivity index (χ0n) is 14.8. The molecule has 0 atom stereocenters. The van der Waals surface area contributed by atoms with Crippen molar-refractivity contribution < 1.29 is 4.79 Å². The lowest BCUT2D eigenvalue weighted by Gasteiger charge is -2.11. The first-order chi connectivity index (χ1) is 12.5. The van der Waals surface area contributed by atoms with E-state index >= 15 is 0 Å². The van der Waals surface area contributed by atoms with E-state index in [-0.39, 0.29) is 5.91 Å². The molecule has 5 heteroatoms. The first-order valence-corrected chi connectivity index (χ1v) is 9.84. The highest BCUT2D eigenvalue weighted by atomic mass is 35.5. The topological polar surface area (TPSA) is 42.0 Å². The summed E-state index contributed by atoms with van der Waals surface area (Å²) in [6, 6.07) is 17.2. The van der Waals surface area contributed by atoms with Crippen molar-refractivity contribution in [2.75, 3.05) is 6.54 Å². The summed E-state index contributed by atoms with van der Waals surface area (Å²) in [4.78, 5) is 18.3. The van der Waals surface area contributed by atoms with Crippen LogP contribution in [0.3, 0.4) is 0 Å². The van der Waals surface area contributed by atoms with Gasteiger partial charge in [0.2, 0.25) is 0 Å². The van der Waals surface area contributed by atoms with E-state index in [2.05, 4.69) is 24.1 Å². The number of hydrogen-bond donors (Lipinski definition) is 1. The summed E-state index contributed by atoms with van der Waals surface area (Å²) >= 11 is 7.73. The normalized spacial score (nSPS) is 11.1. The van der Waals surface area contributed by atoms with Gasteiger partial charge >= 0.3 is 0 Å². The van der Waals surface area contributed by atoms with E-state index in [0.29, 0.717) is 23.0 Å². The number of aromatic nitrogens is 1. The second-order valence-corrected chi connectivity index (χ2v) is 7.97. The van der Waals surface area contributed by atoms with E-state index in [4.69, 9.17) is 11.6 Å². The Morgan fingerprint density at radius 3 is 2.65 bits per heavy atom. The van der Waals surface area contributed by atoms with Crippen molar-refractivity contribution in [2.24, 2.45) is 5.92 Å². The summed E-state index contributed by atoms with van der Waals surface area (Å²) in [5.41, 5.74) is 1.45. The van der Waals surface area contributed by atoms with Crippen LogP contribution < -0.4 is 5.32 Å². The number of carbonyl (C=O) groups excluding carboxylic acids is 1. The number of amides is 1. The van der Waals surface area contributed by atoms with Gasteiger partial charge in [-0.05, 0) is 36.6 Å². The Morgan fingerprint density at radius 1 is 1.15 bits per heavy atom. The first-order valence-electron chi connectivity index (χ1n) is 8.65. The highest BCUT2D eigenvalue weighted by molar-refractivity contribution is 7.99. The van der Waals surface area contributed by atoms with E-state index in [1.165, 1.54) is 11.8 Å². The third-order valence-corrected chi connectivity index (χ3v) is 5.43. The number of para-hydroxylation sites is 1. The molecule has 0 saturated heterocycles. The second-order valence-electron chi connectivity index (χ2n) is 6.50. The van der Waals surface area contributed by atoms with Gasteiger partial charge in [0.1, 0.15) is 5.03 Å². The average molecular weight is 385 g/mol. The Labute approximate surface area is 163 Å². The molecule has 0 radical (unpaired) electrons. The molecule has 0 aliphatic rings. The van der Waals surface area contributed by atoms with Gasteiger partial charge < -0.3 is 5.32 Å². The van der Waals surface area contributed by atoms with Crippen molar-refractivity contribution in [1.82, 2.24) is 10.3 Å². The highest BCUT2D eigenvalue weighted by Crippen LogP contribution is 2.33. The van der Waals surface area contributed by atoms with Gasteiger partial charge in [0.05, 0.1) is 16.1 Å². The highest BCUT2D eigenvalue weighted by Gasteiger charge is 2.14. The van der Waals surface area contributed by atoms with E-state index in [1.807, 2.05) is 54.6 Å². The zero-order chi connectivity index (χ0) is 18.5. The van der Waals surface area contributed by atoms with Crippen LogP contribution in [-0.4, -0.2) is 17.4 Å². The number of pyridine rings is 1. The van der Waals surface area contributed by atoms with Crippen molar-refractivity contribution in [1.29, 1.82) is 0 Å². The van der Waals surface area contributed by atoms with E-state index in [1.54, 1.807) is 0 Å². The molecule has 1 heterocycles. The maximum Gasteiger partial charge on any atom is 0.252 e. The van der Waals surface area contributed by atoms with Gasteiger partial charge in [-0.3, -0.25) is 4.79 Å². The number of nitrogens with zero attached hydrogens (tertiary/aromatic N) is 1. The molecule has 3 nitrogen and oxygen atoms in total. The molecule has 1 N–H and O–H groups in total. The Morgan fingerprint density at radius 2 is 1.88 bits per heavy atom. The summed E-state index contributed by atoms with van der Waals surface area (Å²) in [5.74, 6) is 0.487. The number of hydrogen-bond acceptors (Lipinski definition) is 3. The second kappa shape index (κ2) is 8.56. The maximum atomic E-state index is 12.7. The summed E-state index contributed by atoms with van der Waals surface area (Å²) < 4.78 is 0. The molecule has 0 aliphatic heterocycles. The van der Waals surface area contributed by atoms with Crippen molar-refractivity contribution in [3.63, 3.8) is 0 Å². The fourth-order valence-corrected chi connectivity index (χ4v) is 3.71. The monoisotopic (exact) mass is 384 g/mol. The van der Waals surface area contributed by atoms with Crippen LogP contribution in [0.2, 0.25) is 5.02 Å². The number of rotatable bonds is 6. The minimum atomic E-state index is -0.0646. The minimum absolute atomic E-state index is 0.0646. The average Bonchev–Trinajstić information content (AvgIpc) is 2.62. The fraction of sp³-hybridized carbons (Fsp3) is 0.238. The van der Waals surface area contributed by atoms with E-state index in [9.17, 15) is 4.79 Å². The molecular formula is C21H21ClN2OS. The summed E-state index contributed by atoms with van der Waals surface area (Å²) in [6.07, 6.45) is 0.954. The van der Waals surface area contributed by atoms with E-state index in [0.717, 1.165) is 27.2 Å². The molecule has 1 amide bonds. The van der Waals surface area contributed by atoms with Crippen LogP contribution in [0, 0.1) is 5.92 Å². The minimum Gasteiger partial charge on any atom is -0.352 e. The van der Waals surface area contributed by atoms with Crippen LogP contribution in [0.25, 0.3) is 10.9 Å². The van der Waals surface area contributed by atoms with Crippen molar-refractivity contribution in [3.8, 4) is 0 Å². The van der Waals surface area contributed by atoms with Crippen LogP contribution in [0.5, 0.6) is 0 Å². The predicted molar refractivity (Wildman–Crippen MR) is 109 cm³/mol. The van der Waals surface area contributed by atoms with Crippen LogP contribution in [0.4, 0.5) is 0 Å². The van der Waals surface area contributed by atoms with Gasteiger partial charge in [0.15, 0.2) is 0 Å². The maximum absolute atomic E-state index is 12.7. The standard InChI is InChI=1S/C21H21ClN2OS/c1-14(2)11-12-23-21(25)16-13-20(24-18-9-5-3-7-15(16)18)26-19-10-6-4-8-17(19)22/h3-10,13-14H,11-12H2,1-2H3,(H,23,25). The summed E-state index contributed by atoms with van der Waals surface area (Å²) in [5, 5.41) is 5.31. The molecule has 3 aromatic rings. The SMILES string of the molecule is CC(C)CCNC(=O)c1cc(Sc2ccccc2Cl)nc2ccccc12. The molecule has 2 aromatic carbocycles. The summed E-state index contributed by atoms with van der Waals surface area (Å²) in [6.45, 7) is 4.96. The number of benzene rings is 2.